The summed E-state index contributed by atoms with van der Waals surface area (Å²) in [5.41, 5.74) is 1.81. The SMILES string of the molecule is CN1CCCCC1COC(=O)c1c(Nc2ccc(F)cc2)oc(C=C2C=Nc3ncccc32)c1O. The van der Waals surface area contributed by atoms with Crippen molar-refractivity contribution in [1.82, 2.24) is 9.88 Å². The third-order valence-electron chi connectivity index (χ3n) is 6.25. The summed E-state index contributed by atoms with van der Waals surface area (Å²) >= 11 is 0. The molecule has 0 bridgehead atoms. The number of allylic oxidation sites excluding steroid dienone is 1. The first-order chi connectivity index (χ1) is 17.0. The van der Waals surface area contributed by atoms with Crippen LogP contribution in [0.4, 0.5) is 21.8 Å². The van der Waals surface area contributed by atoms with Crippen LogP contribution < -0.4 is 5.32 Å². The number of aromatic hydroxyl groups is 1. The highest BCUT2D eigenvalue weighted by molar-refractivity contribution is 6.21. The average molecular weight is 477 g/mol. The minimum Gasteiger partial charge on any atom is -0.504 e. The van der Waals surface area contributed by atoms with Gasteiger partial charge in [-0.1, -0.05) is 6.42 Å². The Bertz CT molecular complexity index is 1300. The van der Waals surface area contributed by atoms with E-state index in [9.17, 15) is 14.3 Å². The molecule has 180 valence electrons. The summed E-state index contributed by atoms with van der Waals surface area (Å²) in [6.07, 6.45) is 7.99. The molecule has 2 N–H and O–H groups in total. The summed E-state index contributed by atoms with van der Waals surface area (Å²) in [5, 5.41) is 13.9. The zero-order chi connectivity index (χ0) is 24.4. The Morgan fingerprint density at radius 2 is 2.14 bits per heavy atom. The number of likely N-dealkylation sites (tertiary alicyclic amines) is 1. The lowest BCUT2D eigenvalue weighted by Crippen LogP contribution is -2.39. The predicted octanol–water partition coefficient (Wildman–Crippen LogP) is 5.16. The summed E-state index contributed by atoms with van der Waals surface area (Å²) in [4.78, 5) is 23.8. The Balaban J connectivity index is 1.46. The Morgan fingerprint density at radius 3 is 2.94 bits per heavy atom. The number of nitrogens with one attached hydrogen (secondary N) is 1. The highest BCUT2D eigenvalue weighted by Crippen LogP contribution is 2.39. The summed E-state index contributed by atoms with van der Waals surface area (Å²) in [7, 11) is 2.01. The second-order valence-corrected chi connectivity index (χ2v) is 8.61. The van der Waals surface area contributed by atoms with Crippen molar-refractivity contribution in [2.24, 2.45) is 4.99 Å². The number of fused-ring (bicyclic) bond motifs is 1. The smallest absolute Gasteiger partial charge is 0.347 e. The van der Waals surface area contributed by atoms with Crippen molar-refractivity contribution >= 4 is 41.2 Å². The fourth-order valence-corrected chi connectivity index (χ4v) is 4.26. The summed E-state index contributed by atoms with van der Waals surface area (Å²) in [5.74, 6) is -0.826. The first kappa shape index (κ1) is 22.8. The van der Waals surface area contributed by atoms with Crippen molar-refractivity contribution in [3.8, 4) is 5.75 Å². The van der Waals surface area contributed by atoms with Gasteiger partial charge in [0.25, 0.3) is 0 Å². The molecule has 1 fully saturated rings. The average Bonchev–Trinajstić information content (AvgIpc) is 3.40. The molecule has 1 unspecified atom stereocenters. The van der Waals surface area contributed by atoms with E-state index in [4.69, 9.17) is 9.15 Å². The summed E-state index contributed by atoms with van der Waals surface area (Å²) in [6, 6.07) is 9.34. The molecule has 5 rings (SSSR count). The van der Waals surface area contributed by atoms with Crippen LogP contribution in [-0.4, -0.2) is 53.4 Å². The van der Waals surface area contributed by atoms with E-state index in [-0.39, 0.29) is 35.6 Å². The van der Waals surface area contributed by atoms with E-state index >= 15 is 0 Å². The van der Waals surface area contributed by atoms with Crippen LogP contribution in [0.25, 0.3) is 11.6 Å². The Morgan fingerprint density at radius 1 is 1.31 bits per heavy atom. The molecule has 0 aliphatic carbocycles. The first-order valence-electron chi connectivity index (χ1n) is 11.5. The highest BCUT2D eigenvalue weighted by atomic mass is 19.1. The van der Waals surface area contributed by atoms with Crippen molar-refractivity contribution in [2.45, 2.75) is 25.3 Å². The van der Waals surface area contributed by atoms with E-state index in [2.05, 4.69) is 20.2 Å². The van der Waals surface area contributed by atoms with Gasteiger partial charge < -0.3 is 24.5 Å². The highest BCUT2D eigenvalue weighted by Gasteiger charge is 2.29. The van der Waals surface area contributed by atoms with Crippen molar-refractivity contribution in [3.05, 3.63) is 65.3 Å². The quantitative estimate of drug-likeness (QED) is 0.474. The largest absolute Gasteiger partial charge is 0.504 e. The van der Waals surface area contributed by atoms with Crippen molar-refractivity contribution in [3.63, 3.8) is 0 Å². The molecule has 35 heavy (non-hydrogen) atoms. The van der Waals surface area contributed by atoms with Gasteiger partial charge in [-0.05, 0) is 68.9 Å². The number of anilines is 2. The number of likely N-dealkylation sites (N-methyl/N-ethyl adjacent to an activating group) is 1. The number of esters is 1. The number of halogens is 1. The van der Waals surface area contributed by atoms with Gasteiger partial charge in [-0.2, -0.15) is 0 Å². The molecule has 8 nitrogen and oxygen atoms in total. The van der Waals surface area contributed by atoms with Gasteiger partial charge in [-0.25, -0.2) is 19.2 Å². The van der Waals surface area contributed by atoms with Gasteiger partial charge in [0.05, 0.1) is 0 Å². The standard InChI is InChI=1S/C26H25FN4O4/c1-31-12-3-2-5-19(31)15-34-26(33)22-23(32)21(13-16-14-29-24-20(16)6-4-11-28-24)35-25(22)30-18-9-7-17(27)8-10-18/h4,6-11,13-14,19,30,32H,2-3,5,12,15H2,1H3. The molecule has 1 saturated heterocycles. The van der Waals surface area contributed by atoms with Crippen molar-refractivity contribution in [2.75, 3.05) is 25.5 Å². The second-order valence-electron chi connectivity index (χ2n) is 8.61. The topological polar surface area (TPSA) is 100 Å². The maximum Gasteiger partial charge on any atom is 0.347 e. The Hall–Kier alpha value is -3.98. The molecular weight excluding hydrogens is 451 g/mol. The van der Waals surface area contributed by atoms with Crippen LogP contribution in [0.2, 0.25) is 0 Å². The van der Waals surface area contributed by atoms with Gasteiger partial charge in [0.15, 0.2) is 22.9 Å². The summed E-state index contributed by atoms with van der Waals surface area (Å²) < 4.78 is 24.8. The van der Waals surface area contributed by atoms with Gasteiger partial charge in [-0.3, -0.25) is 0 Å². The number of hydrogen-bond acceptors (Lipinski definition) is 8. The third kappa shape index (κ3) is 4.81. The molecule has 0 amide bonds. The molecule has 9 heteroatoms. The van der Waals surface area contributed by atoms with Gasteiger partial charge in [0.1, 0.15) is 12.4 Å². The van der Waals surface area contributed by atoms with Crippen LogP contribution in [0.1, 0.15) is 40.9 Å². The molecule has 1 aromatic carbocycles. The third-order valence-corrected chi connectivity index (χ3v) is 6.25. The fraction of sp³-hybridized carbons (Fsp3) is 0.269. The van der Waals surface area contributed by atoms with E-state index in [0.29, 0.717) is 17.1 Å². The molecule has 4 heterocycles. The zero-order valence-corrected chi connectivity index (χ0v) is 19.2. The molecule has 2 aromatic heterocycles. The number of furan rings is 1. The molecule has 0 saturated carbocycles. The van der Waals surface area contributed by atoms with Crippen LogP contribution in [0.5, 0.6) is 5.75 Å². The number of ether oxygens (including phenoxy) is 1. The molecule has 2 aliphatic rings. The number of carbonyl (C=O) groups excluding carboxylic acids is 1. The number of aliphatic imine (C=N–C) groups is 1. The normalized spacial score (nSPS) is 18.6. The summed E-state index contributed by atoms with van der Waals surface area (Å²) in [6.45, 7) is 1.16. The van der Waals surface area contributed by atoms with Crippen LogP contribution in [0, 0.1) is 5.82 Å². The van der Waals surface area contributed by atoms with Gasteiger partial charge in [0, 0.05) is 35.3 Å². The van der Waals surface area contributed by atoms with E-state index in [1.807, 2.05) is 13.1 Å². The predicted molar refractivity (Wildman–Crippen MR) is 131 cm³/mol. The van der Waals surface area contributed by atoms with Crippen molar-refractivity contribution in [1.29, 1.82) is 0 Å². The molecule has 3 aromatic rings. The van der Waals surface area contributed by atoms with Crippen molar-refractivity contribution < 1.29 is 23.4 Å². The fourth-order valence-electron chi connectivity index (χ4n) is 4.26. The number of hydrogen-bond donors (Lipinski definition) is 2. The van der Waals surface area contributed by atoms with Gasteiger partial charge in [-0.15, -0.1) is 0 Å². The van der Waals surface area contributed by atoms with Crippen LogP contribution in [0.15, 0.2) is 52.0 Å². The Kier molecular flexibility index (Phi) is 6.33. The second kappa shape index (κ2) is 9.71. The number of aromatic nitrogens is 1. The number of rotatable bonds is 6. The maximum absolute atomic E-state index is 13.4. The maximum atomic E-state index is 13.4. The lowest BCUT2D eigenvalue weighted by atomic mass is 10.0. The van der Waals surface area contributed by atoms with Gasteiger partial charge >= 0.3 is 5.97 Å². The van der Waals surface area contributed by atoms with Crippen LogP contribution in [-0.2, 0) is 4.74 Å². The number of pyridine rings is 1. The van der Waals surface area contributed by atoms with E-state index in [1.165, 1.54) is 24.3 Å². The minimum absolute atomic E-state index is 0.00398. The van der Waals surface area contributed by atoms with Crippen LogP contribution in [0.3, 0.4) is 0 Å². The lowest BCUT2D eigenvalue weighted by molar-refractivity contribution is 0.0326. The molecule has 0 radical (unpaired) electrons. The van der Waals surface area contributed by atoms with E-state index in [0.717, 1.165) is 31.4 Å². The van der Waals surface area contributed by atoms with E-state index in [1.54, 1.807) is 24.6 Å². The number of piperidine rings is 1. The Labute approximate surface area is 201 Å². The first-order valence-corrected chi connectivity index (χ1v) is 11.5. The van der Waals surface area contributed by atoms with Gasteiger partial charge in [0.2, 0.25) is 5.88 Å². The molecule has 1 atom stereocenters. The molecule has 0 spiro atoms. The van der Waals surface area contributed by atoms with E-state index < -0.39 is 11.8 Å². The lowest BCUT2D eigenvalue weighted by Gasteiger charge is -2.31. The minimum atomic E-state index is -0.707. The van der Waals surface area contributed by atoms with Crippen LogP contribution >= 0.6 is 0 Å². The molecular formula is C26H25FN4O4. The number of nitrogens with zero attached hydrogens (tertiary/aromatic N) is 3. The number of carbonyl (C=O) groups is 1. The molecule has 2 aliphatic heterocycles. The zero-order valence-electron chi connectivity index (χ0n) is 19.2. The number of benzene rings is 1. The monoisotopic (exact) mass is 476 g/mol.